The van der Waals surface area contributed by atoms with E-state index >= 15 is 0 Å². The van der Waals surface area contributed by atoms with Crippen molar-refractivity contribution in [2.24, 2.45) is 4.99 Å². The van der Waals surface area contributed by atoms with Crippen LogP contribution in [0.15, 0.2) is 4.99 Å². The van der Waals surface area contributed by atoms with Crippen molar-refractivity contribution in [3.63, 3.8) is 0 Å². The van der Waals surface area contributed by atoms with Gasteiger partial charge < -0.3 is 37.8 Å². The summed E-state index contributed by atoms with van der Waals surface area (Å²) in [6.45, 7) is 16.7. The molecule has 2 unspecified atom stereocenters. The number of ether oxygens (including phenoxy) is 1. The lowest BCUT2D eigenvalue weighted by Crippen LogP contribution is -2.56. The number of rotatable bonds is 18. The molecule has 0 saturated heterocycles. The molecule has 0 spiro atoms. The van der Waals surface area contributed by atoms with Crippen molar-refractivity contribution in [2.45, 2.75) is 96.7 Å². The number of hydrogen-bond donors (Lipinski definition) is 4. The van der Waals surface area contributed by atoms with E-state index in [9.17, 15) is 15.3 Å². The molecule has 0 bridgehead atoms. The summed E-state index contributed by atoms with van der Waals surface area (Å²) in [6.07, 6.45) is 0.563. The second kappa shape index (κ2) is 15.2. The Morgan fingerprint density at radius 1 is 0.909 bits per heavy atom. The van der Waals surface area contributed by atoms with Crippen molar-refractivity contribution in [1.82, 2.24) is 0 Å². The first-order chi connectivity index (χ1) is 15.1. The van der Waals surface area contributed by atoms with E-state index in [1.165, 1.54) is 0 Å². The summed E-state index contributed by atoms with van der Waals surface area (Å²) in [5.74, 6) is 0. The van der Waals surface area contributed by atoms with Gasteiger partial charge in [-0.1, -0.05) is 0 Å². The van der Waals surface area contributed by atoms with Crippen LogP contribution in [0.3, 0.4) is 0 Å². The number of aliphatic hydroxyl groups is 4. The van der Waals surface area contributed by atoms with Crippen LogP contribution in [0.25, 0.3) is 0 Å². The molecule has 0 aromatic heterocycles. The minimum atomic E-state index is -2.60. The molecule has 198 valence electrons. The largest absolute Gasteiger partial charge is 0.436 e. The monoisotopic (exact) mass is 527 g/mol. The summed E-state index contributed by atoms with van der Waals surface area (Å²) in [5, 5.41) is 37.3. The molecule has 0 aliphatic heterocycles. The molecular formula is C21H49NO8Si3. The van der Waals surface area contributed by atoms with Gasteiger partial charge >= 0.3 is 17.1 Å². The predicted octanol–water partition coefficient (Wildman–Crippen LogP) is 2.74. The maximum Gasteiger partial charge on any atom is 0.323 e. The van der Waals surface area contributed by atoms with Crippen LogP contribution in [0.5, 0.6) is 0 Å². The lowest BCUT2D eigenvalue weighted by Gasteiger charge is -2.42. The van der Waals surface area contributed by atoms with Crippen LogP contribution < -0.4 is 0 Å². The van der Waals surface area contributed by atoms with E-state index < -0.39 is 31.7 Å². The maximum atomic E-state index is 9.96. The van der Waals surface area contributed by atoms with Gasteiger partial charge in [-0.3, -0.25) is 4.99 Å². The summed E-state index contributed by atoms with van der Waals surface area (Å²) in [5.41, 5.74) is 0.0365. The quantitative estimate of drug-likeness (QED) is 0.122. The van der Waals surface area contributed by atoms with E-state index in [0.29, 0.717) is 18.7 Å². The average Bonchev–Trinajstić information content (AvgIpc) is 2.62. The van der Waals surface area contributed by atoms with Gasteiger partial charge in [-0.15, -0.1) is 0 Å². The van der Waals surface area contributed by atoms with Crippen molar-refractivity contribution in [2.75, 3.05) is 33.0 Å². The fourth-order valence-corrected chi connectivity index (χ4v) is 17.8. The minimum absolute atomic E-state index is 0.0129. The molecule has 0 heterocycles. The molecule has 0 aliphatic carbocycles. The molecular weight excluding hydrogens is 478 g/mol. The van der Waals surface area contributed by atoms with Gasteiger partial charge in [0.05, 0.1) is 18.8 Å². The molecule has 4 N–H and O–H groups in total. The third-order valence-corrected chi connectivity index (χ3v) is 16.1. The van der Waals surface area contributed by atoms with E-state index in [-0.39, 0.29) is 38.4 Å². The molecule has 0 fully saturated rings. The van der Waals surface area contributed by atoms with Crippen molar-refractivity contribution >= 4 is 31.2 Å². The zero-order chi connectivity index (χ0) is 25.8. The Kier molecular flexibility index (Phi) is 15.2. The molecule has 2 atom stereocenters. The summed E-state index contributed by atoms with van der Waals surface area (Å²) in [7, 11) is -7.09. The summed E-state index contributed by atoms with van der Waals surface area (Å²) in [6, 6.07) is 1.58. The van der Waals surface area contributed by atoms with Crippen LogP contribution in [0.4, 0.5) is 0 Å². The first-order valence-electron chi connectivity index (χ1n) is 11.8. The van der Waals surface area contributed by atoms with E-state index in [2.05, 4.69) is 24.6 Å². The third-order valence-electron chi connectivity index (χ3n) is 4.54. The lowest BCUT2D eigenvalue weighted by atomic mass is 10.2. The van der Waals surface area contributed by atoms with Gasteiger partial charge in [-0.2, -0.15) is 0 Å². The first-order valence-corrected chi connectivity index (χ1v) is 20.3. The summed E-state index contributed by atoms with van der Waals surface area (Å²) in [4.78, 5) is 3.96. The van der Waals surface area contributed by atoms with Gasteiger partial charge in [0.1, 0.15) is 0 Å². The fourth-order valence-electron chi connectivity index (χ4n) is 3.79. The Morgan fingerprint density at radius 2 is 1.55 bits per heavy atom. The Bertz CT molecular complexity index is 572. The van der Waals surface area contributed by atoms with Crippen LogP contribution in [0.1, 0.15) is 40.0 Å². The second-order valence-corrected chi connectivity index (χ2v) is 21.9. The molecule has 0 rings (SSSR count). The normalized spacial score (nSPS) is 16.7. The number of aliphatic imine (C=N–C) groups is 1. The molecule has 0 aliphatic rings. The van der Waals surface area contributed by atoms with E-state index in [4.69, 9.17) is 22.5 Å². The number of nitrogens with zero attached hydrogens (tertiary/aromatic N) is 1. The van der Waals surface area contributed by atoms with E-state index in [0.717, 1.165) is 18.5 Å². The van der Waals surface area contributed by atoms with Gasteiger partial charge in [-0.25, -0.2) is 0 Å². The van der Waals surface area contributed by atoms with Crippen molar-refractivity contribution in [3.8, 4) is 0 Å². The van der Waals surface area contributed by atoms with E-state index in [1.807, 2.05) is 33.9 Å². The van der Waals surface area contributed by atoms with Crippen molar-refractivity contribution < 1.29 is 37.8 Å². The average molecular weight is 528 g/mol. The van der Waals surface area contributed by atoms with Crippen LogP contribution >= 0.6 is 0 Å². The molecule has 12 heteroatoms. The molecule has 0 saturated carbocycles. The maximum absolute atomic E-state index is 9.96. The van der Waals surface area contributed by atoms with Crippen molar-refractivity contribution in [3.05, 3.63) is 0 Å². The Balaban J connectivity index is 5.03. The fraction of sp³-hybridized carbons (Fsp3) is 0.952. The van der Waals surface area contributed by atoms with Gasteiger partial charge in [-0.05, 0) is 78.4 Å². The highest BCUT2D eigenvalue weighted by Crippen LogP contribution is 2.30. The first kappa shape index (κ1) is 33.0. The molecule has 0 aromatic rings. The van der Waals surface area contributed by atoms with Gasteiger partial charge in [0.25, 0.3) is 0 Å². The molecule has 33 heavy (non-hydrogen) atoms. The van der Waals surface area contributed by atoms with E-state index in [1.54, 1.807) is 0 Å². The Labute approximate surface area is 203 Å². The highest BCUT2D eigenvalue weighted by Gasteiger charge is 2.44. The third kappa shape index (κ3) is 17.1. The Hall–Kier alpha value is 0.000649. The number of hydrogen-bond acceptors (Lipinski definition) is 9. The molecule has 0 radical (unpaired) electrons. The highest BCUT2D eigenvalue weighted by molar-refractivity contribution is 6.87. The topological polar surface area (TPSA) is 130 Å². The van der Waals surface area contributed by atoms with Gasteiger partial charge in [0.2, 0.25) is 0 Å². The van der Waals surface area contributed by atoms with Crippen LogP contribution in [0.2, 0.25) is 44.8 Å². The summed E-state index contributed by atoms with van der Waals surface area (Å²) >= 11 is 0. The smallest absolute Gasteiger partial charge is 0.323 e. The SMILES string of the molecule is CC(C)(C)O[Si](C)(C)O[Si](C)(CCCOCC(O)/N=C(/CO)CCO)O[Si](C)(C)CCCO. The lowest BCUT2D eigenvalue weighted by molar-refractivity contribution is 0.0407. The molecule has 9 nitrogen and oxygen atoms in total. The van der Waals surface area contributed by atoms with Gasteiger partial charge in [0.15, 0.2) is 14.5 Å². The summed E-state index contributed by atoms with van der Waals surface area (Å²) < 4.78 is 25.2. The van der Waals surface area contributed by atoms with Crippen molar-refractivity contribution in [1.29, 1.82) is 0 Å². The molecule has 0 amide bonds. The second-order valence-electron chi connectivity index (χ2n) is 10.5. The standard InChI is InChI=1S/C21H49NO8Si3/c1-21(2,3)28-32(6,7)30-33(8,29-31(4,5)15-9-12-23)16-10-14-27-18-20(26)22-19(17-25)11-13-24/h20,23-26H,9-18H2,1-8H3/b22-19+. The van der Waals surface area contributed by atoms with Crippen LogP contribution in [-0.4, -0.2) is 96.4 Å². The van der Waals surface area contributed by atoms with Crippen LogP contribution in [0, 0.1) is 0 Å². The number of aliphatic hydroxyl groups excluding tert-OH is 4. The highest BCUT2D eigenvalue weighted by atomic mass is 28.5. The zero-order valence-electron chi connectivity index (χ0n) is 22.0. The Morgan fingerprint density at radius 3 is 2.06 bits per heavy atom. The zero-order valence-corrected chi connectivity index (χ0v) is 25.0. The molecule has 0 aromatic carbocycles. The predicted molar refractivity (Wildman–Crippen MR) is 139 cm³/mol. The van der Waals surface area contributed by atoms with Crippen LogP contribution in [-0.2, 0) is 17.4 Å². The minimum Gasteiger partial charge on any atom is -0.436 e. The van der Waals surface area contributed by atoms with Gasteiger partial charge in [0, 0.05) is 32.0 Å².